The van der Waals surface area contributed by atoms with E-state index in [-0.39, 0.29) is 23.7 Å². The number of aryl methyl sites for hydroxylation is 1. The van der Waals surface area contributed by atoms with Gasteiger partial charge in [0.15, 0.2) is 0 Å². The monoisotopic (exact) mass is 260 g/mol. The molecule has 0 saturated carbocycles. The number of aromatic nitrogens is 3. The van der Waals surface area contributed by atoms with Gasteiger partial charge in [-0.2, -0.15) is 5.10 Å². The molecule has 0 radical (unpaired) electrons. The second-order valence-corrected chi connectivity index (χ2v) is 4.00. The van der Waals surface area contributed by atoms with E-state index < -0.39 is 5.97 Å². The summed E-state index contributed by atoms with van der Waals surface area (Å²) in [6.45, 7) is 1.76. The minimum Gasteiger partial charge on any atom is -0.478 e. The molecule has 2 aromatic rings. The molecule has 1 heterocycles. The molecule has 0 unspecified atom stereocenters. The smallest absolute Gasteiger partial charge is 0.337 e. The lowest BCUT2D eigenvalue weighted by Gasteiger charge is -2.09. The summed E-state index contributed by atoms with van der Waals surface area (Å²) in [6, 6.07) is 4.81. The fraction of sp³-hybridized carbons (Fsp3) is 0.167. The molecule has 7 heteroatoms. The van der Waals surface area contributed by atoms with Crippen LogP contribution < -0.4 is 5.32 Å². The fourth-order valence-corrected chi connectivity index (χ4v) is 1.60. The van der Waals surface area contributed by atoms with Gasteiger partial charge < -0.3 is 10.4 Å². The highest BCUT2D eigenvalue weighted by Gasteiger charge is 2.13. The van der Waals surface area contributed by atoms with Crippen LogP contribution in [0.15, 0.2) is 30.9 Å². The van der Waals surface area contributed by atoms with Gasteiger partial charge >= 0.3 is 5.97 Å². The molecule has 0 aliphatic carbocycles. The molecule has 0 saturated heterocycles. The first-order chi connectivity index (χ1) is 9.06. The van der Waals surface area contributed by atoms with Crippen LogP contribution in [0, 0.1) is 6.92 Å². The highest BCUT2D eigenvalue weighted by Crippen LogP contribution is 2.17. The van der Waals surface area contributed by atoms with Crippen LogP contribution in [-0.2, 0) is 11.3 Å². The van der Waals surface area contributed by atoms with E-state index in [1.54, 1.807) is 19.1 Å². The van der Waals surface area contributed by atoms with E-state index in [2.05, 4.69) is 15.4 Å². The fourth-order valence-electron chi connectivity index (χ4n) is 1.60. The molecular weight excluding hydrogens is 248 g/mol. The molecule has 0 spiro atoms. The first-order valence-corrected chi connectivity index (χ1v) is 5.52. The van der Waals surface area contributed by atoms with E-state index in [9.17, 15) is 9.59 Å². The number of nitrogens with zero attached hydrogens (tertiary/aromatic N) is 3. The van der Waals surface area contributed by atoms with Crippen LogP contribution in [0.4, 0.5) is 5.69 Å². The van der Waals surface area contributed by atoms with Crippen LogP contribution in [-0.4, -0.2) is 31.7 Å². The molecule has 1 amide bonds. The molecule has 7 nitrogen and oxygen atoms in total. The number of carboxylic acid groups (broad SMARTS) is 1. The summed E-state index contributed by atoms with van der Waals surface area (Å²) in [5.41, 5.74) is 1.14. The molecule has 2 N–H and O–H groups in total. The number of carboxylic acids is 1. The maximum Gasteiger partial charge on any atom is 0.337 e. The average Bonchev–Trinajstić information content (AvgIpc) is 2.83. The zero-order valence-electron chi connectivity index (χ0n) is 10.2. The highest BCUT2D eigenvalue weighted by molar-refractivity contribution is 6.00. The minimum absolute atomic E-state index is 0.0209. The van der Waals surface area contributed by atoms with Crippen molar-refractivity contribution in [1.29, 1.82) is 0 Å². The zero-order valence-corrected chi connectivity index (χ0v) is 10.2. The first-order valence-electron chi connectivity index (χ1n) is 5.52. The van der Waals surface area contributed by atoms with Gasteiger partial charge in [0.25, 0.3) is 0 Å². The Labute approximate surface area is 108 Å². The van der Waals surface area contributed by atoms with Crippen molar-refractivity contribution >= 4 is 17.6 Å². The van der Waals surface area contributed by atoms with Crippen LogP contribution in [0.2, 0.25) is 0 Å². The van der Waals surface area contributed by atoms with Crippen molar-refractivity contribution < 1.29 is 14.7 Å². The van der Waals surface area contributed by atoms with Gasteiger partial charge in [-0.1, -0.05) is 11.6 Å². The van der Waals surface area contributed by atoms with E-state index in [0.29, 0.717) is 0 Å². The van der Waals surface area contributed by atoms with Gasteiger partial charge in [0.05, 0.1) is 11.3 Å². The zero-order chi connectivity index (χ0) is 13.8. The second kappa shape index (κ2) is 5.30. The van der Waals surface area contributed by atoms with Crippen LogP contribution in [0.1, 0.15) is 15.9 Å². The third-order valence-electron chi connectivity index (χ3n) is 2.45. The van der Waals surface area contributed by atoms with E-state index in [1.165, 1.54) is 23.4 Å². The number of aromatic carboxylic acids is 1. The number of hydrogen-bond donors (Lipinski definition) is 2. The molecule has 0 aliphatic rings. The summed E-state index contributed by atoms with van der Waals surface area (Å²) in [5.74, 6) is -1.45. The maximum absolute atomic E-state index is 11.7. The summed E-state index contributed by atoms with van der Waals surface area (Å²) in [5, 5.41) is 15.4. The Morgan fingerprint density at radius 1 is 1.42 bits per heavy atom. The van der Waals surface area contributed by atoms with Gasteiger partial charge in [-0.25, -0.2) is 14.5 Å². The number of rotatable bonds is 4. The summed E-state index contributed by atoms with van der Waals surface area (Å²) in [7, 11) is 0. The summed E-state index contributed by atoms with van der Waals surface area (Å²) < 4.78 is 1.35. The lowest BCUT2D eigenvalue weighted by molar-refractivity contribution is -0.116. The molecule has 19 heavy (non-hydrogen) atoms. The topological polar surface area (TPSA) is 97.1 Å². The molecule has 0 bridgehead atoms. The van der Waals surface area contributed by atoms with Crippen LogP contribution in [0.5, 0.6) is 0 Å². The number of amides is 1. The van der Waals surface area contributed by atoms with Crippen LogP contribution in [0.25, 0.3) is 0 Å². The molecule has 0 atom stereocenters. The largest absolute Gasteiger partial charge is 0.478 e. The van der Waals surface area contributed by atoms with Crippen molar-refractivity contribution in [2.45, 2.75) is 13.5 Å². The van der Waals surface area contributed by atoms with Crippen molar-refractivity contribution in [2.75, 3.05) is 5.32 Å². The molecule has 1 aromatic carbocycles. The number of carbonyl (C=O) groups excluding carboxylic acids is 1. The number of hydrogen-bond acceptors (Lipinski definition) is 4. The minimum atomic E-state index is -1.08. The number of benzene rings is 1. The lowest BCUT2D eigenvalue weighted by Crippen LogP contribution is -2.20. The van der Waals surface area contributed by atoms with Crippen molar-refractivity contribution in [3.8, 4) is 0 Å². The van der Waals surface area contributed by atoms with Crippen molar-refractivity contribution in [2.24, 2.45) is 0 Å². The molecule has 0 fully saturated rings. The summed E-state index contributed by atoms with van der Waals surface area (Å²) in [4.78, 5) is 26.6. The standard InChI is InChI=1S/C12H12N4O3/c1-8-2-3-10(9(4-8)12(18)19)15-11(17)5-16-7-13-6-14-16/h2-4,6-7H,5H2,1H3,(H,15,17)(H,18,19). The highest BCUT2D eigenvalue weighted by atomic mass is 16.4. The quantitative estimate of drug-likeness (QED) is 0.852. The van der Waals surface area contributed by atoms with E-state index in [0.717, 1.165) is 5.56 Å². The molecule has 2 rings (SSSR count). The predicted molar refractivity (Wildman–Crippen MR) is 66.8 cm³/mol. The number of nitrogens with one attached hydrogen (secondary N) is 1. The Morgan fingerprint density at radius 2 is 2.21 bits per heavy atom. The SMILES string of the molecule is Cc1ccc(NC(=O)Cn2cncn2)c(C(=O)O)c1. The predicted octanol–water partition coefficient (Wildman–Crippen LogP) is 0.923. The molecule has 1 aromatic heterocycles. The second-order valence-electron chi connectivity index (χ2n) is 4.00. The maximum atomic E-state index is 11.7. The Morgan fingerprint density at radius 3 is 2.84 bits per heavy atom. The Balaban J connectivity index is 2.14. The van der Waals surface area contributed by atoms with Gasteiger partial charge in [-0.3, -0.25) is 4.79 Å². The molecular formula is C12H12N4O3. The van der Waals surface area contributed by atoms with Crippen LogP contribution >= 0.6 is 0 Å². The lowest BCUT2D eigenvalue weighted by atomic mass is 10.1. The van der Waals surface area contributed by atoms with E-state index in [4.69, 9.17) is 5.11 Å². The van der Waals surface area contributed by atoms with Crippen molar-refractivity contribution in [3.05, 3.63) is 42.0 Å². The Hall–Kier alpha value is -2.70. The van der Waals surface area contributed by atoms with E-state index in [1.807, 2.05) is 0 Å². The number of carbonyl (C=O) groups is 2. The average molecular weight is 260 g/mol. The molecule has 0 aliphatic heterocycles. The Kier molecular flexibility index (Phi) is 3.56. The van der Waals surface area contributed by atoms with Gasteiger partial charge in [0.1, 0.15) is 19.2 Å². The van der Waals surface area contributed by atoms with Crippen LogP contribution in [0.3, 0.4) is 0 Å². The van der Waals surface area contributed by atoms with E-state index >= 15 is 0 Å². The Bertz CT molecular complexity index is 607. The number of anilines is 1. The third-order valence-corrected chi connectivity index (χ3v) is 2.45. The van der Waals surface area contributed by atoms with Crippen molar-refractivity contribution in [3.63, 3.8) is 0 Å². The van der Waals surface area contributed by atoms with Gasteiger partial charge in [-0.15, -0.1) is 0 Å². The van der Waals surface area contributed by atoms with Gasteiger partial charge in [-0.05, 0) is 19.1 Å². The van der Waals surface area contributed by atoms with Gasteiger partial charge in [0, 0.05) is 0 Å². The molecule has 98 valence electrons. The first kappa shape index (κ1) is 12.7. The normalized spacial score (nSPS) is 10.2. The van der Waals surface area contributed by atoms with Crippen molar-refractivity contribution in [1.82, 2.24) is 14.8 Å². The summed E-state index contributed by atoms with van der Waals surface area (Å²) >= 11 is 0. The summed E-state index contributed by atoms with van der Waals surface area (Å²) in [6.07, 6.45) is 2.73. The third kappa shape index (κ3) is 3.15. The van der Waals surface area contributed by atoms with Gasteiger partial charge in [0.2, 0.25) is 5.91 Å².